The van der Waals surface area contributed by atoms with E-state index >= 15 is 0 Å². The normalized spacial score (nSPS) is 12.5. The van der Waals surface area contributed by atoms with Crippen molar-refractivity contribution in [2.75, 3.05) is 5.32 Å². The SMILES string of the molecule is CC(Sc1nnc2ccccn12)C(=O)Nc1ccc2[nH]c(=O)[nH]c2c1. The summed E-state index contributed by atoms with van der Waals surface area (Å²) in [7, 11) is 0. The number of nitrogens with zero attached hydrogens (tertiary/aromatic N) is 3. The van der Waals surface area contributed by atoms with Crippen LogP contribution < -0.4 is 11.0 Å². The molecule has 3 heterocycles. The van der Waals surface area contributed by atoms with Crippen LogP contribution in [0.1, 0.15) is 6.92 Å². The molecule has 0 saturated carbocycles. The molecule has 1 aromatic carbocycles. The summed E-state index contributed by atoms with van der Waals surface area (Å²) in [6, 6.07) is 10.8. The lowest BCUT2D eigenvalue weighted by Crippen LogP contribution is -2.22. The van der Waals surface area contributed by atoms with Crippen LogP contribution in [-0.4, -0.2) is 35.7 Å². The number of imidazole rings is 1. The van der Waals surface area contributed by atoms with Gasteiger partial charge in [-0.2, -0.15) is 0 Å². The van der Waals surface area contributed by atoms with Gasteiger partial charge in [-0.1, -0.05) is 17.8 Å². The van der Waals surface area contributed by atoms with E-state index in [0.717, 1.165) is 5.65 Å². The molecular weight excluding hydrogens is 340 g/mol. The third kappa shape index (κ3) is 3.01. The van der Waals surface area contributed by atoms with E-state index in [1.165, 1.54) is 11.8 Å². The lowest BCUT2D eigenvalue weighted by atomic mass is 10.2. The Balaban J connectivity index is 1.50. The van der Waals surface area contributed by atoms with E-state index in [2.05, 4.69) is 25.5 Å². The first-order valence-corrected chi connectivity index (χ1v) is 8.47. The molecule has 4 aromatic rings. The Kier molecular flexibility index (Phi) is 3.77. The van der Waals surface area contributed by atoms with Crippen molar-refractivity contribution in [3.63, 3.8) is 0 Å². The highest BCUT2D eigenvalue weighted by atomic mass is 32.2. The Bertz CT molecular complexity index is 1130. The topological polar surface area (TPSA) is 108 Å². The zero-order chi connectivity index (χ0) is 17.4. The molecule has 1 atom stereocenters. The average molecular weight is 354 g/mol. The van der Waals surface area contributed by atoms with Gasteiger partial charge in [0.15, 0.2) is 10.8 Å². The minimum Gasteiger partial charge on any atom is -0.325 e. The van der Waals surface area contributed by atoms with Crippen molar-refractivity contribution in [2.45, 2.75) is 17.3 Å². The number of carbonyl (C=O) groups is 1. The third-order valence-electron chi connectivity index (χ3n) is 3.72. The number of hydrogen-bond donors (Lipinski definition) is 3. The van der Waals surface area contributed by atoms with E-state index in [9.17, 15) is 9.59 Å². The minimum absolute atomic E-state index is 0.157. The predicted octanol–water partition coefficient (Wildman–Crippen LogP) is 2.02. The number of anilines is 1. The van der Waals surface area contributed by atoms with Crippen LogP contribution in [0.3, 0.4) is 0 Å². The molecule has 3 aromatic heterocycles. The number of hydrogen-bond acceptors (Lipinski definition) is 5. The fraction of sp³-hybridized carbons (Fsp3) is 0.125. The van der Waals surface area contributed by atoms with Crippen LogP contribution in [0.2, 0.25) is 0 Å². The number of amides is 1. The van der Waals surface area contributed by atoms with Gasteiger partial charge in [-0.05, 0) is 37.3 Å². The van der Waals surface area contributed by atoms with Crippen LogP contribution in [0.25, 0.3) is 16.7 Å². The molecule has 0 fully saturated rings. The summed E-state index contributed by atoms with van der Waals surface area (Å²) in [4.78, 5) is 29.1. The van der Waals surface area contributed by atoms with Gasteiger partial charge in [-0.25, -0.2) is 4.79 Å². The molecule has 0 radical (unpaired) electrons. The fourth-order valence-corrected chi connectivity index (χ4v) is 3.30. The van der Waals surface area contributed by atoms with Gasteiger partial charge in [-0.3, -0.25) is 9.20 Å². The Morgan fingerprint density at radius 2 is 2.04 bits per heavy atom. The molecule has 9 heteroatoms. The molecule has 3 N–H and O–H groups in total. The number of H-pyrrole nitrogens is 2. The number of rotatable bonds is 4. The fourth-order valence-electron chi connectivity index (χ4n) is 2.47. The molecule has 8 nitrogen and oxygen atoms in total. The van der Waals surface area contributed by atoms with Gasteiger partial charge in [0.2, 0.25) is 5.91 Å². The lowest BCUT2D eigenvalue weighted by molar-refractivity contribution is -0.115. The maximum atomic E-state index is 12.4. The predicted molar refractivity (Wildman–Crippen MR) is 95.9 cm³/mol. The Morgan fingerprint density at radius 3 is 2.92 bits per heavy atom. The van der Waals surface area contributed by atoms with Crippen LogP contribution in [0.5, 0.6) is 0 Å². The van der Waals surface area contributed by atoms with Crippen molar-refractivity contribution >= 4 is 40.0 Å². The van der Waals surface area contributed by atoms with Crippen molar-refractivity contribution in [2.24, 2.45) is 0 Å². The van der Waals surface area contributed by atoms with Gasteiger partial charge in [0.25, 0.3) is 0 Å². The van der Waals surface area contributed by atoms with Gasteiger partial charge < -0.3 is 15.3 Å². The highest BCUT2D eigenvalue weighted by molar-refractivity contribution is 8.00. The van der Waals surface area contributed by atoms with Crippen LogP contribution in [0, 0.1) is 0 Å². The second-order valence-corrected chi connectivity index (χ2v) is 6.81. The van der Waals surface area contributed by atoms with Crippen LogP contribution in [0.4, 0.5) is 5.69 Å². The highest BCUT2D eigenvalue weighted by Crippen LogP contribution is 2.23. The monoisotopic (exact) mass is 354 g/mol. The molecular formula is C16H14N6O2S. The van der Waals surface area contributed by atoms with Crippen molar-refractivity contribution in [3.8, 4) is 0 Å². The maximum absolute atomic E-state index is 12.4. The average Bonchev–Trinajstić information content (AvgIpc) is 3.17. The summed E-state index contributed by atoms with van der Waals surface area (Å²) in [5.41, 5.74) is 2.42. The highest BCUT2D eigenvalue weighted by Gasteiger charge is 2.18. The number of thioether (sulfide) groups is 1. The van der Waals surface area contributed by atoms with Gasteiger partial charge in [-0.15, -0.1) is 10.2 Å². The summed E-state index contributed by atoms with van der Waals surface area (Å²) >= 11 is 1.33. The molecule has 1 amide bonds. The van der Waals surface area contributed by atoms with Crippen molar-refractivity contribution < 1.29 is 4.79 Å². The zero-order valence-electron chi connectivity index (χ0n) is 13.2. The Hall–Kier alpha value is -3.07. The van der Waals surface area contributed by atoms with Crippen molar-refractivity contribution in [1.29, 1.82) is 0 Å². The van der Waals surface area contributed by atoms with E-state index in [0.29, 0.717) is 21.9 Å². The number of fused-ring (bicyclic) bond motifs is 2. The van der Waals surface area contributed by atoms with E-state index in [4.69, 9.17) is 0 Å². The standard InChI is InChI=1S/C16H14N6O2S/c1-9(25-16-21-20-13-4-2-3-7-22(13)16)14(23)17-10-5-6-11-12(8-10)19-15(24)18-11/h2-9H,1H3,(H,17,23)(H2,18,19,24). The maximum Gasteiger partial charge on any atom is 0.323 e. The zero-order valence-corrected chi connectivity index (χ0v) is 14.0. The first kappa shape index (κ1) is 15.5. The summed E-state index contributed by atoms with van der Waals surface area (Å²) in [5.74, 6) is -0.157. The van der Waals surface area contributed by atoms with Crippen LogP contribution >= 0.6 is 11.8 Å². The molecule has 0 saturated heterocycles. The van der Waals surface area contributed by atoms with E-state index in [-0.39, 0.29) is 16.8 Å². The van der Waals surface area contributed by atoms with Crippen LogP contribution in [-0.2, 0) is 4.79 Å². The van der Waals surface area contributed by atoms with Crippen molar-refractivity contribution in [3.05, 3.63) is 53.1 Å². The van der Waals surface area contributed by atoms with E-state index in [1.54, 1.807) is 25.1 Å². The molecule has 0 aliphatic rings. The Morgan fingerprint density at radius 1 is 1.20 bits per heavy atom. The summed E-state index contributed by atoms with van der Waals surface area (Å²) in [6.45, 7) is 1.81. The molecule has 4 rings (SSSR count). The van der Waals surface area contributed by atoms with Crippen LogP contribution in [0.15, 0.2) is 52.5 Å². The molecule has 0 spiro atoms. The second kappa shape index (κ2) is 6.10. The number of nitrogens with one attached hydrogen (secondary N) is 3. The number of aromatic nitrogens is 5. The van der Waals surface area contributed by atoms with Gasteiger partial charge in [0, 0.05) is 11.9 Å². The second-order valence-electron chi connectivity index (χ2n) is 5.50. The smallest absolute Gasteiger partial charge is 0.323 e. The third-order valence-corrected chi connectivity index (χ3v) is 4.77. The molecule has 0 bridgehead atoms. The molecule has 126 valence electrons. The number of pyridine rings is 1. The molecule has 0 aliphatic carbocycles. The Labute approximate surface area is 145 Å². The number of carbonyl (C=O) groups excluding carboxylic acids is 1. The quantitative estimate of drug-likeness (QED) is 0.486. The summed E-state index contributed by atoms with van der Waals surface area (Å²) in [5, 5.41) is 11.3. The first-order valence-electron chi connectivity index (χ1n) is 7.59. The number of aromatic amines is 2. The molecule has 25 heavy (non-hydrogen) atoms. The largest absolute Gasteiger partial charge is 0.325 e. The van der Waals surface area contributed by atoms with Gasteiger partial charge >= 0.3 is 5.69 Å². The minimum atomic E-state index is -0.367. The van der Waals surface area contributed by atoms with Gasteiger partial charge in [0.1, 0.15) is 0 Å². The summed E-state index contributed by atoms with van der Waals surface area (Å²) < 4.78 is 1.84. The molecule has 1 unspecified atom stereocenters. The van der Waals surface area contributed by atoms with Gasteiger partial charge in [0.05, 0.1) is 16.3 Å². The van der Waals surface area contributed by atoms with Crippen molar-refractivity contribution in [1.82, 2.24) is 24.6 Å². The number of benzene rings is 1. The first-order chi connectivity index (χ1) is 12.1. The lowest BCUT2D eigenvalue weighted by Gasteiger charge is -2.11. The van der Waals surface area contributed by atoms with E-state index < -0.39 is 0 Å². The van der Waals surface area contributed by atoms with E-state index in [1.807, 2.05) is 28.8 Å². The summed E-state index contributed by atoms with van der Waals surface area (Å²) in [6.07, 6.45) is 1.86. The molecule has 0 aliphatic heterocycles.